The van der Waals surface area contributed by atoms with Gasteiger partial charge in [-0.3, -0.25) is 4.98 Å². The van der Waals surface area contributed by atoms with Gasteiger partial charge in [-0.05, 0) is 31.2 Å². The van der Waals surface area contributed by atoms with Gasteiger partial charge in [0.2, 0.25) is 0 Å². The second-order valence-corrected chi connectivity index (χ2v) is 4.16. The Labute approximate surface area is 96.1 Å². The second kappa shape index (κ2) is 4.00. The number of nitrogens with zero attached hydrogens (tertiary/aromatic N) is 2. The topological polar surface area (TPSA) is 28.2 Å². The molecule has 1 N–H and O–H groups in total. The summed E-state index contributed by atoms with van der Waals surface area (Å²) < 4.78 is 0. The number of fused-ring (bicyclic) bond motifs is 1. The lowest BCUT2D eigenvalue weighted by Crippen LogP contribution is -2.08. The van der Waals surface area contributed by atoms with Gasteiger partial charge in [0, 0.05) is 43.6 Å². The minimum atomic E-state index is 1.04. The van der Waals surface area contributed by atoms with Crippen LogP contribution in [-0.2, 0) is 0 Å². The molecule has 1 aromatic heterocycles. The van der Waals surface area contributed by atoms with E-state index in [0.717, 1.165) is 16.9 Å². The normalized spacial score (nSPS) is 10.5. The van der Waals surface area contributed by atoms with Crippen LogP contribution >= 0.6 is 0 Å². The molecule has 0 bridgehead atoms. The Hall–Kier alpha value is -1.77. The van der Waals surface area contributed by atoms with E-state index in [9.17, 15) is 0 Å². The van der Waals surface area contributed by atoms with Crippen molar-refractivity contribution in [2.75, 3.05) is 31.4 Å². The third kappa shape index (κ3) is 1.81. The third-order valence-electron chi connectivity index (χ3n) is 2.71. The molecule has 0 aliphatic rings. The molecular formula is C13H17N3. The van der Waals surface area contributed by atoms with Crippen LogP contribution in [0.15, 0.2) is 24.3 Å². The molecular weight excluding hydrogens is 198 g/mol. The minimum Gasteiger partial charge on any atom is -0.388 e. The highest BCUT2D eigenvalue weighted by atomic mass is 15.1. The Morgan fingerprint density at radius 1 is 1.19 bits per heavy atom. The summed E-state index contributed by atoms with van der Waals surface area (Å²) >= 11 is 0. The highest BCUT2D eigenvalue weighted by Gasteiger charge is 2.04. The summed E-state index contributed by atoms with van der Waals surface area (Å²) in [5.74, 6) is 0. The van der Waals surface area contributed by atoms with Gasteiger partial charge in [-0.2, -0.15) is 0 Å². The number of anilines is 2. The second-order valence-electron chi connectivity index (χ2n) is 4.16. The molecule has 0 saturated heterocycles. The Kier molecular flexibility index (Phi) is 2.69. The molecule has 2 aromatic rings. The number of rotatable bonds is 2. The zero-order chi connectivity index (χ0) is 11.7. The van der Waals surface area contributed by atoms with Crippen molar-refractivity contribution in [1.82, 2.24) is 4.98 Å². The van der Waals surface area contributed by atoms with Crippen molar-refractivity contribution in [3.63, 3.8) is 0 Å². The van der Waals surface area contributed by atoms with Gasteiger partial charge in [-0.25, -0.2) is 0 Å². The summed E-state index contributed by atoms with van der Waals surface area (Å²) in [6.07, 6.45) is 0. The van der Waals surface area contributed by atoms with Crippen molar-refractivity contribution in [1.29, 1.82) is 0 Å². The number of benzene rings is 1. The van der Waals surface area contributed by atoms with E-state index in [1.807, 2.05) is 28.1 Å². The van der Waals surface area contributed by atoms with E-state index in [4.69, 9.17) is 0 Å². The Bertz CT molecular complexity index is 518. The molecule has 0 amide bonds. The fourth-order valence-corrected chi connectivity index (χ4v) is 1.83. The number of nitrogens with one attached hydrogen (secondary N) is 1. The highest BCUT2D eigenvalue weighted by molar-refractivity contribution is 5.93. The molecule has 84 valence electrons. The first-order valence-electron chi connectivity index (χ1n) is 5.38. The zero-order valence-corrected chi connectivity index (χ0v) is 10.2. The molecule has 0 saturated carbocycles. The highest BCUT2D eigenvalue weighted by Crippen LogP contribution is 2.26. The number of aryl methyl sites for hydroxylation is 1. The molecule has 0 radical (unpaired) electrons. The van der Waals surface area contributed by atoms with Crippen molar-refractivity contribution >= 4 is 22.3 Å². The maximum Gasteiger partial charge on any atom is 0.0727 e. The first-order valence-corrected chi connectivity index (χ1v) is 5.38. The Morgan fingerprint density at radius 3 is 2.56 bits per heavy atom. The van der Waals surface area contributed by atoms with Crippen LogP contribution in [0.25, 0.3) is 10.9 Å². The summed E-state index contributed by atoms with van der Waals surface area (Å²) in [5.41, 5.74) is 4.39. The van der Waals surface area contributed by atoms with Crippen LogP contribution in [-0.4, -0.2) is 26.1 Å². The lowest BCUT2D eigenvalue weighted by atomic mass is 10.1. The minimum absolute atomic E-state index is 1.04. The molecule has 3 heteroatoms. The zero-order valence-electron chi connectivity index (χ0n) is 10.2. The summed E-state index contributed by atoms with van der Waals surface area (Å²) in [5, 5.41) is 4.38. The van der Waals surface area contributed by atoms with Gasteiger partial charge >= 0.3 is 0 Å². The summed E-state index contributed by atoms with van der Waals surface area (Å²) in [7, 11) is 6.03. The molecule has 1 aromatic carbocycles. The standard InChI is InChI=1S/C13H17N3/c1-9-7-13(14-2)11-8-10(16(3)4)5-6-12(11)15-9/h5-8H,1-4H3,(H,14,15). The van der Waals surface area contributed by atoms with E-state index in [1.54, 1.807) is 0 Å². The molecule has 0 aliphatic heterocycles. The molecule has 0 atom stereocenters. The van der Waals surface area contributed by atoms with Crippen molar-refractivity contribution in [3.05, 3.63) is 30.0 Å². The molecule has 0 spiro atoms. The fraction of sp³-hybridized carbons (Fsp3) is 0.308. The summed E-state index contributed by atoms with van der Waals surface area (Å²) in [6.45, 7) is 2.01. The average Bonchev–Trinajstić information content (AvgIpc) is 2.27. The smallest absolute Gasteiger partial charge is 0.0727 e. The fourth-order valence-electron chi connectivity index (χ4n) is 1.83. The van der Waals surface area contributed by atoms with Gasteiger partial charge in [0.15, 0.2) is 0 Å². The predicted octanol–water partition coefficient (Wildman–Crippen LogP) is 2.65. The van der Waals surface area contributed by atoms with Crippen LogP contribution in [0.4, 0.5) is 11.4 Å². The molecule has 3 nitrogen and oxygen atoms in total. The summed E-state index contributed by atoms with van der Waals surface area (Å²) in [4.78, 5) is 6.62. The van der Waals surface area contributed by atoms with Gasteiger partial charge in [-0.1, -0.05) is 0 Å². The van der Waals surface area contributed by atoms with E-state index in [-0.39, 0.29) is 0 Å². The van der Waals surface area contributed by atoms with Gasteiger partial charge < -0.3 is 10.2 Å². The largest absolute Gasteiger partial charge is 0.388 e. The van der Waals surface area contributed by atoms with Crippen LogP contribution in [0.1, 0.15) is 5.69 Å². The quantitative estimate of drug-likeness (QED) is 0.834. The Balaban J connectivity index is 2.71. The van der Waals surface area contributed by atoms with Crippen LogP contribution in [0, 0.1) is 6.92 Å². The number of aromatic nitrogens is 1. The van der Waals surface area contributed by atoms with E-state index >= 15 is 0 Å². The average molecular weight is 215 g/mol. The number of hydrogen-bond acceptors (Lipinski definition) is 3. The lowest BCUT2D eigenvalue weighted by molar-refractivity contribution is 1.13. The SMILES string of the molecule is CNc1cc(C)nc2ccc(N(C)C)cc12. The van der Waals surface area contributed by atoms with Crippen molar-refractivity contribution in [2.24, 2.45) is 0 Å². The molecule has 16 heavy (non-hydrogen) atoms. The van der Waals surface area contributed by atoms with Gasteiger partial charge in [-0.15, -0.1) is 0 Å². The van der Waals surface area contributed by atoms with Gasteiger partial charge in [0.1, 0.15) is 0 Å². The molecule has 1 heterocycles. The van der Waals surface area contributed by atoms with E-state index in [2.05, 4.69) is 39.5 Å². The van der Waals surface area contributed by atoms with E-state index in [0.29, 0.717) is 0 Å². The molecule has 0 fully saturated rings. The maximum absolute atomic E-state index is 4.53. The third-order valence-corrected chi connectivity index (χ3v) is 2.71. The lowest BCUT2D eigenvalue weighted by Gasteiger charge is -2.14. The number of pyridine rings is 1. The first kappa shape index (κ1) is 10.7. The Morgan fingerprint density at radius 2 is 1.94 bits per heavy atom. The van der Waals surface area contributed by atoms with Gasteiger partial charge in [0.05, 0.1) is 5.52 Å². The van der Waals surface area contributed by atoms with Crippen molar-refractivity contribution in [3.8, 4) is 0 Å². The molecule has 0 unspecified atom stereocenters. The molecule has 2 rings (SSSR count). The van der Waals surface area contributed by atoms with Crippen LogP contribution in [0.3, 0.4) is 0 Å². The van der Waals surface area contributed by atoms with E-state index in [1.165, 1.54) is 11.1 Å². The predicted molar refractivity (Wildman–Crippen MR) is 70.4 cm³/mol. The van der Waals surface area contributed by atoms with E-state index < -0.39 is 0 Å². The van der Waals surface area contributed by atoms with Crippen LogP contribution in [0.2, 0.25) is 0 Å². The van der Waals surface area contributed by atoms with Crippen LogP contribution in [0.5, 0.6) is 0 Å². The monoisotopic (exact) mass is 215 g/mol. The van der Waals surface area contributed by atoms with Crippen molar-refractivity contribution in [2.45, 2.75) is 6.92 Å². The van der Waals surface area contributed by atoms with Gasteiger partial charge in [0.25, 0.3) is 0 Å². The molecule has 0 aliphatic carbocycles. The van der Waals surface area contributed by atoms with Crippen LogP contribution < -0.4 is 10.2 Å². The van der Waals surface area contributed by atoms with Crippen molar-refractivity contribution < 1.29 is 0 Å². The maximum atomic E-state index is 4.53. The summed E-state index contributed by atoms with van der Waals surface area (Å²) in [6, 6.07) is 8.39. The first-order chi connectivity index (χ1) is 7.61. The number of hydrogen-bond donors (Lipinski definition) is 1.